The van der Waals surface area contributed by atoms with E-state index in [0.29, 0.717) is 17.6 Å². The van der Waals surface area contributed by atoms with Crippen LogP contribution in [0.3, 0.4) is 0 Å². The number of fused-ring (bicyclic) bond motifs is 11. The topological polar surface area (TPSA) is 61.7 Å². The Balaban J connectivity index is 0.952. The van der Waals surface area contributed by atoms with Crippen molar-refractivity contribution in [2.45, 2.75) is 0 Å². The average molecular weight is 780 g/mol. The van der Waals surface area contributed by atoms with E-state index in [1.807, 2.05) is 30.3 Å². The SMILES string of the molecule is c1ccc(-c2nc(-c3ccc4c(ccc5oc6ccccc6c54)c3)nc(-n3c4ccccc4c4cc(-c5ccc(-n6c7ccccc7c7ccccc76)cc5)ccc43)n2)cc1. The summed E-state index contributed by atoms with van der Waals surface area (Å²) in [5.74, 6) is 1.78. The second kappa shape index (κ2) is 13.1. The Bertz CT molecular complexity index is 3820. The van der Waals surface area contributed by atoms with Crippen LogP contribution in [0.25, 0.3) is 122 Å². The Kier molecular flexibility index (Phi) is 7.21. The van der Waals surface area contributed by atoms with Crippen LogP contribution in [0.2, 0.25) is 0 Å². The van der Waals surface area contributed by atoms with Crippen LogP contribution in [0.15, 0.2) is 205 Å². The third kappa shape index (κ3) is 5.19. The van der Waals surface area contributed by atoms with E-state index in [9.17, 15) is 0 Å². The number of para-hydroxylation sites is 4. The second-order valence-electron chi connectivity index (χ2n) is 15.6. The molecule has 284 valence electrons. The maximum absolute atomic E-state index is 6.21. The van der Waals surface area contributed by atoms with E-state index < -0.39 is 0 Å². The van der Waals surface area contributed by atoms with Crippen LogP contribution < -0.4 is 0 Å². The summed E-state index contributed by atoms with van der Waals surface area (Å²) in [5, 5.41) is 9.21. The minimum atomic E-state index is 0.565. The molecule has 0 N–H and O–H groups in total. The molecule has 0 aliphatic heterocycles. The van der Waals surface area contributed by atoms with E-state index in [1.54, 1.807) is 0 Å². The Hall–Kier alpha value is -8.35. The second-order valence-corrected chi connectivity index (χ2v) is 15.6. The molecule has 0 saturated heterocycles. The molecule has 0 bridgehead atoms. The molecule has 4 heterocycles. The lowest BCUT2D eigenvalue weighted by Gasteiger charge is -2.12. The summed E-state index contributed by atoms with van der Waals surface area (Å²) in [7, 11) is 0. The molecule has 13 aromatic rings. The zero-order valence-electron chi connectivity index (χ0n) is 32.7. The van der Waals surface area contributed by atoms with E-state index in [1.165, 1.54) is 21.8 Å². The molecule has 0 aliphatic carbocycles. The third-order valence-corrected chi connectivity index (χ3v) is 12.2. The highest BCUT2D eigenvalue weighted by molar-refractivity contribution is 6.19. The largest absolute Gasteiger partial charge is 0.456 e. The van der Waals surface area contributed by atoms with Crippen molar-refractivity contribution in [1.82, 2.24) is 24.1 Å². The molecule has 0 saturated carbocycles. The number of aromatic nitrogens is 5. The fourth-order valence-corrected chi connectivity index (χ4v) is 9.37. The number of nitrogens with zero attached hydrogens (tertiary/aromatic N) is 5. The minimum Gasteiger partial charge on any atom is -0.456 e. The van der Waals surface area contributed by atoms with Gasteiger partial charge in [0.1, 0.15) is 11.2 Å². The standard InChI is InChI=1S/C55H33N5O/c1-2-12-35(13-3-1)53-56-54(38-24-29-40-37(32-38)26-31-51-52(40)44-17-7-11-21-50(44)61-51)58-55(57-53)60-48-20-10-6-16-43(48)45-33-36(25-30-49(45)60)34-22-27-39(28-23-34)59-46-18-8-4-14-41(46)42-15-5-9-19-47(42)59/h1-33H. The van der Waals surface area contributed by atoms with Gasteiger partial charge in [-0.2, -0.15) is 9.97 Å². The number of rotatable bonds is 5. The molecule has 61 heavy (non-hydrogen) atoms. The van der Waals surface area contributed by atoms with Gasteiger partial charge in [-0.05, 0) is 82.6 Å². The maximum atomic E-state index is 6.21. The highest BCUT2D eigenvalue weighted by atomic mass is 16.3. The molecule has 0 unspecified atom stereocenters. The maximum Gasteiger partial charge on any atom is 0.238 e. The van der Waals surface area contributed by atoms with Gasteiger partial charge < -0.3 is 8.98 Å². The molecule has 9 aromatic carbocycles. The summed E-state index contributed by atoms with van der Waals surface area (Å²) in [6.07, 6.45) is 0. The summed E-state index contributed by atoms with van der Waals surface area (Å²) < 4.78 is 10.7. The first-order valence-electron chi connectivity index (χ1n) is 20.5. The predicted octanol–water partition coefficient (Wildman–Crippen LogP) is 14.1. The molecule has 6 nitrogen and oxygen atoms in total. The van der Waals surface area contributed by atoms with E-state index in [2.05, 4.69) is 179 Å². The molecule has 0 spiro atoms. The molecule has 13 rings (SSSR count). The fraction of sp³-hybridized carbons (Fsp3) is 0. The van der Waals surface area contributed by atoms with Crippen molar-refractivity contribution >= 4 is 76.3 Å². The van der Waals surface area contributed by atoms with Gasteiger partial charge in [0, 0.05) is 49.1 Å². The Labute approximate surface area is 349 Å². The van der Waals surface area contributed by atoms with E-state index in [-0.39, 0.29) is 0 Å². The van der Waals surface area contributed by atoms with Crippen LogP contribution in [0.4, 0.5) is 0 Å². The number of hydrogen-bond donors (Lipinski definition) is 0. The summed E-state index contributed by atoms with van der Waals surface area (Å²) in [5.41, 5.74) is 11.5. The monoisotopic (exact) mass is 779 g/mol. The van der Waals surface area contributed by atoms with Crippen LogP contribution in [0, 0.1) is 0 Å². The van der Waals surface area contributed by atoms with Gasteiger partial charge in [-0.15, -0.1) is 0 Å². The molecule has 6 heteroatoms. The molecule has 0 aliphatic rings. The molecule has 0 fully saturated rings. The van der Waals surface area contributed by atoms with Crippen molar-refractivity contribution in [3.63, 3.8) is 0 Å². The molecular formula is C55H33N5O. The molecular weight excluding hydrogens is 747 g/mol. The highest BCUT2D eigenvalue weighted by Crippen LogP contribution is 2.39. The van der Waals surface area contributed by atoms with Gasteiger partial charge in [0.2, 0.25) is 5.95 Å². The minimum absolute atomic E-state index is 0.565. The lowest BCUT2D eigenvalue weighted by Crippen LogP contribution is -2.06. The normalized spacial score (nSPS) is 11.9. The first-order valence-corrected chi connectivity index (χ1v) is 20.5. The molecule has 0 atom stereocenters. The Morgan fingerprint density at radius 3 is 1.64 bits per heavy atom. The molecule has 0 amide bonds. The van der Waals surface area contributed by atoms with E-state index in [4.69, 9.17) is 19.4 Å². The fourth-order valence-electron chi connectivity index (χ4n) is 9.37. The Morgan fingerprint density at radius 1 is 0.328 bits per heavy atom. The lowest BCUT2D eigenvalue weighted by molar-refractivity contribution is 0.669. The van der Waals surface area contributed by atoms with Gasteiger partial charge in [0.25, 0.3) is 0 Å². The third-order valence-electron chi connectivity index (χ3n) is 12.2. The summed E-state index contributed by atoms with van der Waals surface area (Å²) in [6, 6.07) is 70.4. The van der Waals surface area contributed by atoms with Crippen molar-refractivity contribution < 1.29 is 4.42 Å². The van der Waals surface area contributed by atoms with Crippen LogP contribution >= 0.6 is 0 Å². The first kappa shape index (κ1) is 33.6. The van der Waals surface area contributed by atoms with Gasteiger partial charge in [-0.25, -0.2) is 4.98 Å². The predicted molar refractivity (Wildman–Crippen MR) is 250 cm³/mol. The lowest BCUT2D eigenvalue weighted by atomic mass is 10.0. The van der Waals surface area contributed by atoms with Gasteiger partial charge >= 0.3 is 0 Å². The number of furan rings is 1. The van der Waals surface area contributed by atoms with Crippen molar-refractivity contribution in [2.24, 2.45) is 0 Å². The quantitative estimate of drug-likeness (QED) is 0.175. The van der Waals surface area contributed by atoms with Gasteiger partial charge in [-0.1, -0.05) is 140 Å². The Morgan fingerprint density at radius 2 is 0.902 bits per heavy atom. The van der Waals surface area contributed by atoms with Crippen LogP contribution in [-0.4, -0.2) is 24.1 Å². The van der Waals surface area contributed by atoms with Crippen LogP contribution in [-0.2, 0) is 0 Å². The average Bonchev–Trinajstić information content (AvgIpc) is 3.99. The zero-order chi connectivity index (χ0) is 40.0. The smallest absolute Gasteiger partial charge is 0.238 e. The summed E-state index contributed by atoms with van der Waals surface area (Å²) >= 11 is 0. The zero-order valence-corrected chi connectivity index (χ0v) is 32.7. The van der Waals surface area contributed by atoms with Gasteiger partial charge in [0.15, 0.2) is 11.6 Å². The highest BCUT2D eigenvalue weighted by Gasteiger charge is 2.20. The van der Waals surface area contributed by atoms with Crippen molar-refractivity contribution in [2.75, 3.05) is 0 Å². The molecule has 0 radical (unpaired) electrons. The number of benzene rings is 9. The van der Waals surface area contributed by atoms with E-state index >= 15 is 0 Å². The van der Waals surface area contributed by atoms with E-state index in [0.717, 1.165) is 82.5 Å². The summed E-state index contributed by atoms with van der Waals surface area (Å²) in [4.78, 5) is 15.6. The van der Waals surface area contributed by atoms with Crippen molar-refractivity contribution in [3.8, 4) is 45.5 Å². The van der Waals surface area contributed by atoms with Gasteiger partial charge in [0.05, 0.1) is 22.1 Å². The summed E-state index contributed by atoms with van der Waals surface area (Å²) in [6.45, 7) is 0. The van der Waals surface area contributed by atoms with Gasteiger partial charge in [-0.3, -0.25) is 4.57 Å². The van der Waals surface area contributed by atoms with Crippen LogP contribution in [0.5, 0.6) is 0 Å². The van der Waals surface area contributed by atoms with Crippen molar-refractivity contribution in [1.29, 1.82) is 0 Å². The van der Waals surface area contributed by atoms with Crippen LogP contribution in [0.1, 0.15) is 0 Å². The number of hydrogen-bond acceptors (Lipinski definition) is 4. The molecule has 4 aromatic heterocycles. The van der Waals surface area contributed by atoms with Crippen molar-refractivity contribution in [3.05, 3.63) is 200 Å². The first-order chi connectivity index (χ1) is 30.2.